The van der Waals surface area contributed by atoms with E-state index in [4.69, 9.17) is 9.47 Å². The number of thiazole rings is 1. The van der Waals surface area contributed by atoms with Gasteiger partial charge >= 0.3 is 5.69 Å². The highest BCUT2D eigenvalue weighted by Gasteiger charge is 2.35. The van der Waals surface area contributed by atoms with Crippen LogP contribution in [0.25, 0.3) is 10.2 Å². The maximum absolute atomic E-state index is 11.4. The molecule has 1 aliphatic rings. The maximum atomic E-state index is 11.4. The fourth-order valence-electron chi connectivity index (χ4n) is 2.46. The second kappa shape index (κ2) is 5.55. The number of rotatable bonds is 5. The lowest BCUT2D eigenvalue weighted by Gasteiger charge is -2.26. The van der Waals surface area contributed by atoms with Crippen LogP contribution in [0.2, 0.25) is 0 Å². The molecule has 1 atom stereocenters. The second-order valence-corrected chi connectivity index (χ2v) is 5.85. The molecule has 1 N–H and O–H groups in total. The van der Waals surface area contributed by atoms with Crippen LogP contribution in [0.1, 0.15) is 6.42 Å². The molecule has 1 unspecified atom stereocenters. The van der Waals surface area contributed by atoms with E-state index in [1.54, 1.807) is 18.7 Å². The van der Waals surface area contributed by atoms with Crippen molar-refractivity contribution in [3.05, 3.63) is 27.8 Å². The van der Waals surface area contributed by atoms with Crippen LogP contribution < -0.4 is 5.32 Å². The van der Waals surface area contributed by atoms with Gasteiger partial charge in [0.15, 0.2) is 5.52 Å². The summed E-state index contributed by atoms with van der Waals surface area (Å²) in [6.45, 7) is 1.59. The number of nitrogens with zero attached hydrogens (tertiary/aromatic N) is 2. The minimum absolute atomic E-state index is 0.0129. The van der Waals surface area contributed by atoms with Crippen molar-refractivity contribution in [2.24, 2.45) is 0 Å². The van der Waals surface area contributed by atoms with Gasteiger partial charge in [-0.25, -0.2) is 4.98 Å². The lowest BCUT2D eigenvalue weighted by molar-refractivity contribution is -0.382. The quantitative estimate of drug-likeness (QED) is 0.674. The van der Waals surface area contributed by atoms with E-state index in [-0.39, 0.29) is 5.69 Å². The van der Waals surface area contributed by atoms with Crippen molar-refractivity contribution in [3.63, 3.8) is 0 Å². The van der Waals surface area contributed by atoms with Gasteiger partial charge in [0.05, 0.1) is 21.7 Å². The third-order valence-electron chi connectivity index (χ3n) is 3.76. The standard InChI is InChI=1S/C13H15N3O4S/c1-19-13(4-5-20-7-13)6-14-9-2-3-10-11(15-8-21-10)12(9)16(17)18/h2-3,8,14H,4-7H2,1H3. The van der Waals surface area contributed by atoms with Crippen molar-refractivity contribution in [2.45, 2.75) is 12.0 Å². The molecule has 2 heterocycles. The number of ether oxygens (including phenoxy) is 2. The van der Waals surface area contributed by atoms with Gasteiger partial charge in [0.25, 0.3) is 0 Å². The highest BCUT2D eigenvalue weighted by Crippen LogP contribution is 2.35. The summed E-state index contributed by atoms with van der Waals surface area (Å²) in [5.41, 5.74) is 2.08. The van der Waals surface area contributed by atoms with Gasteiger partial charge in [-0.15, -0.1) is 11.3 Å². The first kappa shape index (κ1) is 14.2. The molecular formula is C13H15N3O4S. The average Bonchev–Trinajstić information content (AvgIpc) is 3.13. The Morgan fingerprint density at radius 2 is 2.48 bits per heavy atom. The minimum atomic E-state index is -0.426. The van der Waals surface area contributed by atoms with Crippen molar-refractivity contribution < 1.29 is 14.4 Å². The normalized spacial score (nSPS) is 21.8. The molecule has 1 saturated heterocycles. The highest BCUT2D eigenvalue weighted by molar-refractivity contribution is 7.16. The van der Waals surface area contributed by atoms with Gasteiger partial charge in [0.2, 0.25) is 0 Å². The Morgan fingerprint density at radius 1 is 1.62 bits per heavy atom. The summed E-state index contributed by atoms with van der Waals surface area (Å²) in [4.78, 5) is 15.1. The first-order valence-corrected chi connectivity index (χ1v) is 7.40. The fraction of sp³-hybridized carbons (Fsp3) is 0.462. The summed E-state index contributed by atoms with van der Waals surface area (Å²) in [7, 11) is 1.63. The number of nitro benzene ring substituents is 1. The Hall–Kier alpha value is -1.77. The third kappa shape index (κ3) is 2.57. The van der Waals surface area contributed by atoms with Crippen LogP contribution >= 0.6 is 11.3 Å². The molecule has 0 spiro atoms. The Kier molecular flexibility index (Phi) is 3.75. The number of benzene rings is 1. The van der Waals surface area contributed by atoms with E-state index < -0.39 is 10.5 Å². The van der Waals surface area contributed by atoms with E-state index >= 15 is 0 Å². The molecule has 1 aromatic carbocycles. The summed E-state index contributed by atoms with van der Waals surface area (Å²) in [5, 5.41) is 14.5. The zero-order chi connectivity index (χ0) is 14.9. The lowest BCUT2D eigenvalue weighted by Crippen LogP contribution is -2.39. The molecule has 3 rings (SSSR count). The van der Waals surface area contributed by atoms with E-state index in [1.807, 2.05) is 6.07 Å². The van der Waals surface area contributed by atoms with Crippen LogP contribution in [0.15, 0.2) is 17.6 Å². The highest BCUT2D eigenvalue weighted by atomic mass is 32.1. The summed E-state index contributed by atoms with van der Waals surface area (Å²) in [5.74, 6) is 0. The number of hydrogen-bond acceptors (Lipinski definition) is 7. The average molecular weight is 309 g/mol. The van der Waals surface area contributed by atoms with Crippen LogP contribution in [0.3, 0.4) is 0 Å². The van der Waals surface area contributed by atoms with E-state index in [2.05, 4.69) is 10.3 Å². The number of nitrogens with one attached hydrogen (secondary N) is 1. The smallest absolute Gasteiger partial charge is 0.319 e. The summed E-state index contributed by atoms with van der Waals surface area (Å²) in [6.07, 6.45) is 0.767. The zero-order valence-corrected chi connectivity index (χ0v) is 12.3. The first-order valence-electron chi connectivity index (χ1n) is 6.53. The van der Waals surface area contributed by atoms with Gasteiger partial charge in [-0.3, -0.25) is 10.1 Å². The molecule has 0 amide bonds. The van der Waals surface area contributed by atoms with E-state index in [9.17, 15) is 10.1 Å². The second-order valence-electron chi connectivity index (χ2n) is 4.96. The Morgan fingerprint density at radius 3 is 3.14 bits per heavy atom. The van der Waals surface area contributed by atoms with Gasteiger partial charge in [0.1, 0.15) is 11.3 Å². The van der Waals surface area contributed by atoms with E-state index in [0.29, 0.717) is 31.0 Å². The predicted molar refractivity (Wildman–Crippen MR) is 79.9 cm³/mol. The molecule has 0 radical (unpaired) electrons. The number of nitro groups is 1. The predicted octanol–water partition coefficient (Wildman–Crippen LogP) is 2.42. The molecule has 2 aromatic rings. The van der Waals surface area contributed by atoms with Gasteiger partial charge in [-0.05, 0) is 12.1 Å². The Bertz CT molecular complexity index is 666. The summed E-state index contributed by atoms with van der Waals surface area (Å²) in [6, 6.07) is 3.56. The summed E-state index contributed by atoms with van der Waals surface area (Å²) >= 11 is 1.39. The number of hydrogen-bond donors (Lipinski definition) is 1. The van der Waals surface area contributed by atoms with Crippen LogP contribution in [-0.2, 0) is 9.47 Å². The molecule has 1 aromatic heterocycles. The maximum Gasteiger partial charge on any atom is 0.319 e. The van der Waals surface area contributed by atoms with Gasteiger partial charge in [-0.1, -0.05) is 0 Å². The minimum Gasteiger partial charge on any atom is -0.378 e. The van der Waals surface area contributed by atoms with Gasteiger partial charge in [-0.2, -0.15) is 0 Å². The van der Waals surface area contributed by atoms with Crippen molar-refractivity contribution >= 4 is 32.9 Å². The van der Waals surface area contributed by atoms with Crippen molar-refractivity contribution in [2.75, 3.05) is 32.2 Å². The molecule has 8 heteroatoms. The van der Waals surface area contributed by atoms with Crippen molar-refractivity contribution in [3.8, 4) is 0 Å². The topological polar surface area (TPSA) is 86.5 Å². The lowest BCUT2D eigenvalue weighted by atomic mass is 10.0. The van der Waals surface area contributed by atoms with Crippen LogP contribution in [0.5, 0.6) is 0 Å². The molecule has 21 heavy (non-hydrogen) atoms. The molecule has 7 nitrogen and oxygen atoms in total. The van der Waals surface area contributed by atoms with Crippen LogP contribution in [0.4, 0.5) is 11.4 Å². The number of methoxy groups -OCH3 is 1. The molecule has 1 aliphatic heterocycles. The molecule has 0 aliphatic carbocycles. The van der Waals surface area contributed by atoms with Gasteiger partial charge < -0.3 is 14.8 Å². The van der Waals surface area contributed by atoms with E-state index in [0.717, 1.165) is 11.1 Å². The van der Waals surface area contributed by atoms with Crippen LogP contribution in [0, 0.1) is 10.1 Å². The Labute approximate surface area is 125 Å². The number of anilines is 1. The largest absolute Gasteiger partial charge is 0.378 e. The Balaban J connectivity index is 1.89. The monoisotopic (exact) mass is 309 g/mol. The summed E-state index contributed by atoms with van der Waals surface area (Å²) < 4.78 is 11.7. The molecule has 0 saturated carbocycles. The van der Waals surface area contributed by atoms with Crippen LogP contribution in [-0.4, -0.2) is 42.4 Å². The molecule has 1 fully saturated rings. The van der Waals surface area contributed by atoms with Crippen molar-refractivity contribution in [1.82, 2.24) is 4.98 Å². The van der Waals surface area contributed by atoms with E-state index in [1.165, 1.54) is 11.3 Å². The molecular weight excluding hydrogens is 294 g/mol. The van der Waals surface area contributed by atoms with Gasteiger partial charge in [0, 0.05) is 26.7 Å². The number of fused-ring (bicyclic) bond motifs is 1. The SMILES string of the molecule is COC1(CNc2ccc3scnc3c2[N+](=O)[O-])CCOC1. The fourth-order valence-corrected chi connectivity index (χ4v) is 3.14. The first-order chi connectivity index (χ1) is 10.2. The zero-order valence-electron chi connectivity index (χ0n) is 11.5. The van der Waals surface area contributed by atoms with Crippen molar-refractivity contribution in [1.29, 1.82) is 0 Å². The molecule has 112 valence electrons. The third-order valence-corrected chi connectivity index (χ3v) is 4.55. The molecule has 0 bridgehead atoms. The number of aromatic nitrogens is 1.